The molecular formula is C21H24N2O2S. The van der Waals surface area contributed by atoms with Gasteiger partial charge >= 0.3 is 0 Å². The smallest absolute Gasteiger partial charge is 0.238 e. The summed E-state index contributed by atoms with van der Waals surface area (Å²) in [6, 6.07) is 15.8. The van der Waals surface area contributed by atoms with Gasteiger partial charge in [-0.15, -0.1) is 11.8 Å². The predicted octanol–water partition coefficient (Wildman–Crippen LogP) is 4.90. The van der Waals surface area contributed by atoms with Gasteiger partial charge in [0.05, 0.1) is 5.75 Å². The standard InChI is InChI=1S/C21H24N2O2S/c1-3-4-8-19(24)22-17-11-9-16(10-12-17)21-23(20(25)14-26-21)18-7-5-6-15(2)13-18/h5-7,9-13,21H,3-4,8,14H2,1-2H3,(H,22,24)/t21-/m0/s1. The molecule has 0 radical (unpaired) electrons. The zero-order valence-electron chi connectivity index (χ0n) is 15.2. The molecule has 0 aliphatic carbocycles. The number of carbonyl (C=O) groups excluding carboxylic acids is 2. The topological polar surface area (TPSA) is 49.4 Å². The summed E-state index contributed by atoms with van der Waals surface area (Å²) in [6.45, 7) is 4.10. The van der Waals surface area contributed by atoms with Gasteiger partial charge in [0.1, 0.15) is 5.37 Å². The normalized spacial score (nSPS) is 16.8. The van der Waals surface area contributed by atoms with E-state index in [4.69, 9.17) is 0 Å². The van der Waals surface area contributed by atoms with Gasteiger partial charge in [0.2, 0.25) is 11.8 Å². The Balaban J connectivity index is 1.75. The van der Waals surface area contributed by atoms with Crippen LogP contribution in [0.25, 0.3) is 0 Å². The van der Waals surface area contributed by atoms with Gasteiger partial charge in [-0.25, -0.2) is 0 Å². The van der Waals surface area contributed by atoms with E-state index in [-0.39, 0.29) is 17.2 Å². The molecule has 1 aliphatic rings. The molecule has 136 valence electrons. The zero-order chi connectivity index (χ0) is 18.5. The van der Waals surface area contributed by atoms with Crippen LogP contribution >= 0.6 is 11.8 Å². The van der Waals surface area contributed by atoms with Crippen molar-refractivity contribution in [2.45, 2.75) is 38.5 Å². The van der Waals surface area contributed by atoms with Gasteiger partial charge in [0.15, 0.2) is 0 Å². The lowest BCUT2D eigenvalue weighted by atomic mass is 10.1. The summed E-state index contributed by atoms with van der Waals surface area (Å²) in [4.78, 5) is 26.2. The Morgan fingerprint density at radius 1 is 1.23 bits per heavy atom. The second-order valence-corrected chi connectivity index (χ2v) is 7.61. The van der Waals surface area contributed by atoms with Crippen molar-refractivity contribution in [1.29, 1.82) is 0 Å². The minimum atomic E-state index is -0.0332. The van der Waals surface area contributed by atoms with Gasteiger partial charge in [-0.1, -0.05) is 37.6 Å². The largest absolute Gasteiger partial charge is 0.326 e. The van der Waals surface area contributed by atoms with Crippen molar-refractivity contribution < 1.29 is 9.59 Å². The number of thioether (sulfide) groups is 1. The third-order valence-corrected chi connectivity index (χ3v) is 5.60. The minimum Gasteiger partial charge on any atom is -0.326 e. The van der Waals surface area contributed by atoms with E-state index < -0.39 is 0 Å². The van der Waals surface area contributed by atoms with Crippen LogP contribution in [-0.2, 0) is 9.59 Å². The average Bonchev–Trinajstić information content (AvgIpc) is 3.02. The van der Waals surface area contributed by atoms with Crippen LogP contribution in [0.2, 0.25) is 0 Å². The molecule has 0 spiro atoms. The number of nitrogens with zero attached hydrogens (tertiary/aromatic N) is 1. The molecule has 1 aliphatic heterocycles. The first-order valence-electron chi connectivity index (χ1n) is 8.98. The molecule has 2 aromatic rings. The van der Waals surface area contributed by atoms with Crippen LogP contribution in [0.3, 0.4) is 0 Å². The highest BCUT2D eigenvalue weighted by atomic mass is 32.2. The van der Waals surface area contributed by atoms with Gasteiger partial charge in [-0.2, -0.15) is 0 Å². The maximum Gasteiger partial charge on any atom is 0.238 e. The molecule has 1 atom stereocenters. The first-order valence-corrected chi connectivity index (χ1v) is 10.0. The first-order chi connectivity index (χ1) is 12.6. The van der Waals surface area contributed by atoms with Crippen LogP contribution in [0.15, 0.2) is 48.5 Å². The minimum absolute atomic E-state index is 0.0332. The molecule has 1 saturated heterocycles. The maximum atomic E-state index is 12.4. The second-order valence-electron chi connectivity index (χ2n) is 6.54. The Morgan fingerprint density at radius 2 is 2.00 bits per heavy atom. The first kappa shape index (κ1) is 18.5. The number of amides is 2. The van der Waals surface area contributed by atoms with Crippen molar-refractivity contribution >= 4 is 35.0 Å². The number of hydrogen-bond donors (Lipinski definition) is 1. The van der Waals surface area contributed by atoms with E-state index in [2.05, 4.69) is 12.2 Å². The van der Waals surface area contributed by atoms with Crippen LogP contribution in [0.5, 0.6) is 0 Å². The van der Waals surface area contributed by atoms with Gasteiger partial charge in [0, 0.05) is 17.8 Å². The Hall–Kier alpha value is -2.27. The Bertz CT molecular complexity index is 789. The number of rotatable bonds is 6. The number of unbranched alkanes of at least 4 members (excludes halogenated alkanes) is 1. The summed E-state index contributed by atoms with van der Waals surface area (Å²) < 4.78 is 0. The predicted molar refractivity (Wildman–Crippen MR) is 108 cm³/mol. The van der Waals surface area contributed by atoms with Crippen molar-refractivity contribution in [1.82, 2.24) is 0 Å². The lowest BCUT2D eigenvalue weighted by molar-refractivity contribution is -0.116. The summed E-state index contributed by atoms with van der Waals surface area (Å²) in [5, 5.41) is 2.89. The Kier molecular flexibility index (Phi) is 5.99. The fraction of sp³-hybridized carbons (Fsp3) is 0.333. The van der Waals surface area contributed by atoms with Crippen molar-refractivity contribution in [3.63, 3.8) is 0 Å². The summed E-state index contributed by atoms with van der Waals surface area (Å²) in [5.41, 5.74) is 3.93. The van der Waals surface area contributed by atoms with Crippen LogP contribution in [0, 0.1) is 6.92 Å². The lowest BCUT2D eigenvalue weighted by Crippen LogP contribution is -2.27. The quantitative estimate of drug-likeness (QED) is 0.789. The highest BCUT2D eigenvalue weighted by Gasteiger charge is 2.33. The fourth-order valence-corrected chi connectivity index (χ4v) is 4.20. The molecule has 2 amide bonds. The van der Waals surface area contributed by atoms with Crippen molar-refractivity contribution in [2.75, 3.05) is 16.0 Å². The van der Waals surface area contributed by atoms with Gasteiger partial charge < -0.3 is 5.32 Å². The SMILES string of the molecule is CCCCC(=O)Nc1ccc([C@@H]2SCC(=O)N2c2cccc(C)c2)cc1. The van der Waals surface area contributed by atoms with Crippen LogP contribution in [0.1, 0.15) is 42.7 Å². The molecule has 0 bridgehead atoms. The molecule has 2 aromatic carbocycles. The molecule has 3 rings (SSSR count). The number of aryl methyl sites for hydroxylation is 1. The fourth-order valence-electron chi connectivity index (χ4n) is 3.02. The maximum absolute atomic E-state index is 12.4. The van der Waals surface area contributed by atoms with E-state index >= 15 is 0 Å². The van der Waals surface area contributed by atoms with Crippen molar-refractivity contribution in [3.05, 3.63) is 59.7 Å². The monoisotopic (exact) mass is 368 g/mol. The molecular weight excluding hydrogens is 344 g/mol. The Morgan fingerprint density at radius 3 is 2.69 bits per heavy atom. The zero-order valence-corrected chi connectivity index (χ0v) is 16.0. The average molecular weight is 369 g/mol. The third-order valence-electron chi connectivity index (χ3n) is 4.38. The Labute approximate surface area is 159 Å². The number of carbonyl (C=O) groups is 2. The molecule has 1 fully saturated rings. The van der Waals surface area contributed by atoms with E-state index in [1.165, 1.54) is 0 Å². The molecule has 26 heavy (non-hydrogen) atoms. The summed E-state index contributed by atoms with van der Waals surface area (Å²) in [7, 11) is 0. The third kappa shape index (κ3) is 4.28. The van der Waals surface area contributed by atoms with Crippen LogP contribution < -0.4 is 10.2 Å². The van der Waals surface area contributed by atoms with E-state index in [9.17, 15) is 9.59 Å². The number of benzene rings is 2. The number of hydrogen-bond acceptors (Lipinski definition) is 3. The van der Waals surface area contributed by atoms with Crippen LogP contribution in [-0.4, -0.2) is 17.6 Å². The van der Waals surface area contributed by atoms with E-state index in [1.54, 1.807) is 11.8 Å². The van der Waals surface area contributed by atoms with E-state index in [0.29, 0.717) is 12.2 Å². The lowest BCUT2D eigenvalue weighted by Gasteiger charge is -2.25. The van der Waals surface area contributed by atoms with Crippen LogP contribution in [0.4, 0.5) is 11.4 Å². The molecule has 0 aromatic heterocycles. The van der Waals surface area contributed by atoms with Crippen molar-refractivity contribution in [3.8, 4) is 0 Å². The summed E-state index contributed by atoms with van der Waals surface area (Å²) in [6.07, 6.45) is 2.46. The second kappa shape index (κ2) is 8.41. The molecule has 4 nitrogen and oxygen atoms in total. The molecule has 5 heteroatoms. The van der Waals surface area contributed by atoms with Gasteiger partial charge in [0.25, 0.3) is 0 Å². The number of nitrogens with one attached hydrogen (secondary N) is 1. The summed E-state index contributed by atoms with van der Waals surface area (Å²) >= 11 is 1.63. The summed E-state index contributed by atoms with van der Waals surface area (Å²) in [5.74, 6) is 0.655. The van der Waals surface area contributed by atoms with Gasteiger partial charge in [-0.3, -0.25) is 14.5 Å². The highest BCUT2D eigenvalue weighted by Crippen LogP contribution is 2.42. The molecule has 0 saturated carbocycles. The highest BCUT2D eigenvalue weighted by molar-refractivity contribution is 8.00. The van der Waals surface area contributed by atoms with Gasteiger partial charge in [-0.05, 0) is 48.7 Å². The molecule has 0 unspecified atom stereocenters. The van der Waals surface area contributed by atoms with Crippen molar-refractivity contribution in [2.24, 2.45) is 0 Å². The molecule has 1 N–H and O–H groups in total. The molecule has 1 heterocycles. The van der Waals surface area contributed by atoms with E-state index in [0.717, 1.165) is 35.3 Å². The number of anilines is 2. The van der Waals surface area contributed by atoms with E-state index in [1.807, 2.05) is 60.4 Å².